The van der Waals surface area contributed by atoms with Gasteiger partial charge in [-0.3, -0.25) is 0 Å². The highest BCUT2D eigenvalue weighted by Gasteiger charge is 2.18. The Hall–Kier alpha value is -1.95. The maximum Gasteiger partial charge on any atom is 0.194 e. The molecule has 1 atom stereocenters. The van der Waals surface area contributed by atoms with E-state index in [1.807, 2.05) is 0 Å². The van der Waals surface area contributed by atoms with Gasteiger partial charge in [0.1, 0.15) is 0 Å². The fourth-order valence-electron chi connectivity index (χ4n) is 1.86. The molecule has 0 saturated heterocycles. The summed E-state index contributed by atoms with van der Waals surface area (Å²) >= 11 is 0. The maximum absolute atomic E-state index is 13.5. The molecule has 0 fully saturated rings. The zero-order chi connectivity index (χ0) is 14.9. The minimum absolute atomic E-state index is 0.0425. The third-order valence-electron chi connectivity index (χ3n) is 2.90. The van der Waals surface area contributed by atoms with Crippen molar-refractivity contribution in [1.82, 2.24) is 0 Å². The fraction of sp³-hybridized carbons (Fsp3) is 0.143. The zero-order valence-corrected chi connectivity index (χ0v) is 10.1. The van der Waals surface area contributed by atoms with Gasteiger partial charge in [-0.15, -0.1) is 0 Å². The fourth-order valence-corrected chi connectivity index (χ4v) is 1.86. The number of hydrogen-bond acceptors (Lipinski definition) is 1. The number of halogens is 5. The summed E-state index contributed by atoms with van der Waals surface area (Å²) in [6.45, 7) is 0. The molecule has 0 aliphatic heterocycles. The van der Waals surface area contributed by atoms with Gasteiger partial charge in [0.05, 0.1) is 0 Å². The predicted molar refractivity (Wildman–Crippen MR) is 63.3 cm³/mol. The van der Waals surface area contributed by atoms with Crippen molar-refractivity contribution in [1.29, 1.82) is 0 Å². The van der Waals surface area contributed by atoms with Crippen molar-refractivity contribution in [2.45, 2.75) is 12.5 Å². The highest BCUT2D eigenvalue weighted by Crippen LogP contribution is 2.23. The minimum Gasteiger partial charge on any atom is -0.324 e. The van der Waals surface area contributed by atoms with Crippen LogP contribution in [0, 0.1) is 29.1 Å². The van der Waals surface area contributed by atoms with Gasteiger partial charge in [-0.05, 0) is 30.2 Å². The van der Waals surface area contributed by atoms with Crippen LogP contribution in [0.25, 0.3) is 0 Å². The van der Waals surface area contributed by atoms with Crippen molar-refractivity contribution in [3.05, 3.63) is 70.5 Å². The number of nitrogens with two attached hydrogens (primary N) is 1. The summed E-state index contributed by atoms with van der Waals surface area (Å²) in [5, 5.41) is 0. The van der Waals surface area contributed by atoms with Crippen molar-refractivity contribution in [2.75, 3.05) is 0 Å². The third kappa shape index (κ3) is 2.80. The Morgan fingerprint density at radius 2 is 1.45 bits per heavy atom. The first kappa shape index (κ1) is 14.5. The molecule has 0 saturated carbocycles. The smallest absolute Gasteiger partial charge is 0.194 e. The second kappa shape index (κ2) is 5.58. The Bertz CT molecular complexity index is 642. The molecule has 0 aliphatic rings. The summed E-state index contributed by atoms with van der Waals surface area (Å²) < 4.78 is 65.2. The van der Waals surface area contributed by atoms with Crippen LogP contribution in [0.15, 0.2) is 30.3 Å². The Labute approximate surface area is 111 Å². The Kier molecular flexibility index (Phi) is 4.04. The van der Waals surface area contributed by atoms with Crippen LogP contribution in [-0.2, 0) is 6.42 Å². The Balaban J connectivity index is 2.26. The molecule has 0 aliphatic carbocycles. The van der Waals surface area contributed by atoms with Crippen molar-refractivity contribution in [2.24, 2.45) is 5.73 Å². The van der Waals surface area contributed by atoms with E-state index in [2.05, 4.69) is 0 Å². The van der Waals surface area contributed by atoms with Crippen molar-refractivity contribution < 1.29 is 22.0 Å². The van der Waals surface area contributed by atoms with E-state index < -0.39 is 35.1 Å². The standard InChI is InChI=1S/C14H10F5N/c15-9-3-1-7(5-11(9)17)6-12(20)8-2-4-10(16)14(19)13(8)18/h1-5,12H,6,20H2. The summed E-state index contributed by atoms with van der Waals surface area (Å²) in [5.41, 5.74) is 5.78. The molecule has 0 spiro atoms. The van der Waals surface area contributed by atoms with Crippen LogP contribution in [0.4, 0.5) is 22.0 Å². The zero-order valence-electron chi connectivity index (χ0n) is 10.1. The molecule has 106 valence electrons. The first-order chi connectivity index (χ1) is 9.40. The molecule has 0 heterocycles. The molecule has 2 rings (SSSR count). The van der Waals surface area contributed by atoms with E-state index in [-0.39, 0.29) is 12.0 Å². The van der Waals surface area contributed by atoms with Gasteiger partial charge in [-0.2, -0.15) is 0 Å². The normalized spacial score (nSPS) is 12.5. The average Bonchev–Trinajstić information content (AvgIpc) is 2.40. The first-order valence-corrected chi connectivity index (χ1v) is 5.73. The van der Waals surface area contributed by atoms with Crippen LogP contribution < -0.4 is 5.73 Å². The predicted octanol–water partition coefficient (Wildman–Crippen LogP) is 3.62. The molecular weight excluding hydrogens is 277 g/mol. The summed E-state index contributed by atoms with van der Waals surface area (Å²) in [7, 11) is 0. The molecule has 2 N–H and O–H groups in total. The van der Waals surface area contributed by atoms with Gasteiger partial charge in [-0.25, -0.2) is 22.0 Å². The van der Waals surface area contributed by atoms with E-state index in [0.29, 0.717) is 5.56 Å². The largest absolute Gasteiger partial charge is 0.324 e. The van der Waals surface area contributed by atoms with E-state index >= 15 is 0 Å². The van der Waals surface area contributed by atoms with Gasteiger partial charge < -0.3 is 5.73 Å². The van der Waals surface area contributed by atoms with Gasteiger partial charge >= 0.3 is 0 Å². The lowest BCUT2D eigenvalue weighted by Crippen LogP contribution is -2.16. The second-order valence-electron chi connectivity index (χ2n) is 4.32. The molecule has 0 radical (unpaired) electrons. The van der Waals surface area contributed by atoms with E-state index in [0.717, 1.165) is 24.3 Å². The topological polar surface area (TPSA) is 26.0 Å². The highest BCUT2D eigenvalue weighted by atomic mass is 19.2. The Morgan fingerprint density at radius 1 is 0.800 bits per heavy atom. The van der Waals surface area contributed by atoms with Crippen LogP contribution in [0.1, 0.15) is 17.2 Å². The van der Waals surface area contributed by atoms with Crippen molar-refractivity contribution >= 4 is 0 Å². The van der Waals surface area contributed by atoms with Gasteiger partial charge in [-0.1, -0.05) is 12.1 Å². The molecule has 6 heteroatoms. The monoisotopic (exact) mass is 287 g/mol. The van der Waals surface area contributed by atoms with Gasteiger partial charge in [0.15, 0.2) is 29.1 Å². The quantitative estimate of drug-likeness (QED) is 0.677. The number of hydrogen-bond donors (Lipinski definition) is 1. The highest BCUT2D eigenvalue weighted by molar-refractivity contribution is 5.26. The molecule has 1 unspecified atom stereocenters. The van der Waals surface area contributed by atoms with Crippen LogP contribution in [-0.4, -0.2) is 0 Å². The second-order valence-corrected chi connectivity index (χ2v) is 4.32. The van der Waals surface area contributed by atoms with Gasteiger partial charge in [0.25, 0.3) is 0 Å². The average molecular weight is 287 g/mol. The summed E-state index contributed by atoms with van der Waals surface area (Å²) in [4.78, 5) is 0. The van der Waals surface area contributed by atoms with E-state index in [1.54, 1.807) is 0 Å². The van der Waals surface area contributed by atoms with Crippen LogP contribution >= 0.6 is 0 Å². The summed E-state index contributed by atoms with van der Waals surface area (Å²) in [6, 6.07) is 3.91. The van der Waals surface area contributed by atoms with Crippen LogP contribution in [0.2, 0.25) is 0 Å². The Morgan fingerprint density at radius 3 is 2.10 bits per heavy atom. The summed E-state index contributed by atoms with van der Waals surface area (Å²) in [6.07, 6.45) is -0.0425. The molecule has 2 aromatic rings. The lowest BCUT2D eigenvalue weighted by Gasteiger charge is -2.14. The lowest BCUT2D eigenvalue weighted by molar-refractivity contribution is 0.435. The number of rotatable bonds is 3. The van der Waals surface area contributed by atoms with Crippen LogP contribution in [0.5, 0.6) is 0 Å². The molecular formula is C14H10F5N. The lowest BCUT2D eigenvalue weighted by atomic mass is 9.99. The maximum atomic E-state index is 13.5. The molecule has 1 nitrogen and oxygen atoms in total. The van der Waals surface area contributed by atoms with Gasteiger partial charge in [0.2, 0.25) is 0 Å². The third-order valence-corrected chi connectivity index (χ3v) is 2.90. The van der Waals surface area contributed by atoms with E-state index in [9.17, 15) is 22.0 Å². The summed E-state index contributed by atoms with van der Waals surface area (Å²) in [5.74, 6) is -6.36. The van der Waals surface area contributed by atoms with Crippen LogP contribution in [0.3, 0.4) is 0 Å². The number of benzene rings is 2. The molecule has 20 heavy (non-hydrogen) atoms. The SMILES string of the molecule is NC(Cc1ccc(F)c(F)c1)c1ccc(F)c(F)c1F. The van der Waals surface area contributed by atoms with E-state index in [4.69, 9.17) is 5.73 Å². The molecule has 0 bridgehead atoms. The molecule has 0 amide bonds. The molecule has 2 aromatic carbocycles. The van der Waals surface area contributed by atoms with Gasteiger partial charge in [0, 0.05) is 11.6 Å². The van der Waals surface area contributed by atoms with E-state index in [1.165, 1.54) is 6.07 Å². The van der Waals surface area contributed by atoms with Crippen molar-refractivity contribution in [3.8, 4) is 0 Å². The minimum atomic E-state index is -1.61. The van der Waals surface area contributed by atoms with Crippen molar-refractivity contribution in [3.63, 3.8) is 0 Å². The molecule has 0 aromatic heterocycles. The first-order valence-electron chi connectivity index (χ1n) is 5.73.